The van der Waals surface area contributed by atoms with Crippen LogP contribution in [0.4, 0.5) is 21.9 Å². The van der Waals surface area contributed by atoms with Crippen LogP contribution in [0.3, 0.4) is 0 Å². The van der Waals surface area contributed by atoms with Crippen LogP contribution >= 0.6 is 0 Å². The van der Waals surface area contributed by atoms with Crippen molar-refractivity contribution in [1.29, 1.82) is 5.26 Å². The number of benzene rings is 3. The molecule has 2 amide bonds. The standard InChI is InChI=1S/C27H24N4O/c1-5-27(3)25(21-8-6-7-19(2)17-21)30(23-15-11-22(29-4)12-16-23)26(32)31(27)24-13-9-20(18-28)10-14-24/h6-17,25H,5H2,1-3H3/t25-,27+/m0/s1. The third-order valence-electron chi connectivity index (χ3n) is 6.34. The predicted molar refractivity (Wildman–Crippen MR) is 127 cm³/mol. The second-order valence-electron chi connectivity index (χ2n) is 8.30. The van der Waals surface area contributed by atoms with Crippen LogP contribution < -0.4 is 9.80 Å². The summed E-state index contributed by atoms with van der Waals surface area (Å²) in [6.07, 6.45) is 0.730. The molecule has 1 aliphatic heterocycles. The first kappa shape index (κ1) is 21.2. The molecule has 0 aromatic heterocycles. The van der Waals surface area contributed by atoms with Gasteiger partial charge in [-0.1, -0.05) is 48.9 Å². The van der Waals surface area contributed by atoms with Crippen molar-refractivity contribution in [3.8, 4) is 6.07 Å². The van der Waals surface area contributed by atoms with E-state index in [9.17, 15) is 10.1 Å². The molecule has 1 fully saturated rings. The fourth-order valence-electron chi connectivity index (χ4n) is 4.57. The van der Waals surface area contributed by atoms with Gasteiger partial charge in [-0.15, -0.1) is 0 Å². The van der Waals surface area contributed by atoms with Crippen LogP contribution in [-0.2, 0) is 0 Å². The molecule has 0 radical (unpaired) electrons. The van der Waals surface area contributed by atoms with E-state index in [0.29, 0.717) is 11.3 Å². The van der Waals surface area contributed by atoms with Crippen LogP contribution in [0.5, 0.6) is 0 Å². The summed E-state index contributed by atoms with van der Waals surface area (Å²) in [6.45, 7) is 13.5. The fraction of sp³-hybridized carbons (Fsp3) is 0.222. The lowest BCUT2D eigenvalue weighted by Gasteiger charge is -2.38. The van der Waals surface area contributed by atoms with Crippen LogP contribution in [0.1, 0.15) is 43.0 Å². The normalized spacial score (nSPS) is 20.2. The smallest absolute Gasteiger partial charge is 0.286 e. The zero-order chi connectivity index (χ0) is 22.9. The highest BCUT2D eigenvalue weighted by molar-refractivity contribution is 6.08. The number of anilines is 2. The Bertz CT molecular complexity index is 1230. The number of urea groups is 1. The van der Waals surface area contributed by atoms with Crippen molar-refractivity contribution in [2.24, 2.45) is 0 Å². The van der Waals surface area contributed by atoms with Gasteiger partial charge in [0.05, 0.1) is 29.8 Å². The molecule has 158 valence electrons. The van der Waals surface area contributed by atoms with Crippen molar-refractivity contribution < 1.29 is 4.79 Å². The maximum atomic E-state index is 14.0. The summed E-state index contributed by atoms with van der Waals surface area (Å²) in [5, 5.41) is 9.19. The Kier molecular flexibility index (Phi) is 5.43. The van der Waals surface area contributed by atoms with Crippen LogP contribution in [0.15, 0.2) is 72.8 Å². The first-order valence-electron chi connectivity index (χ1n) is 10.6. The molecule has 0 spiro atoms. The molecule has 5 nitrogen and oxygen atoms in total. The molecule has 1 aliphatic rings. The molecule has 5 heteroatoms. The van der Waals surface area contributed by atoms with E-state index in [0.717, 1.165) is 28.9 Å². The van der Waals surface area contributed by atoms with Gasteiger partial charge in [0.2, 0.25) is 0 Å². The number of amides is 2. The molecule has 0 aliphatic carbocycles. The summed E-state index contributed by atoms with van der Waals surface area (Å²) in [5.74, 6) is 0. The van der Waals surface area contributed by atoms with Crippen LogP contribution in [0.25, 0.3) is 4.85 Å². The summed E-state index contributed by atoms with van der Waals surface area (Å²) in [4.78, 5) is 21.2. The summed E-state index contributed by atoms with van der Waals surface area (Å²) in [5.41, 5.74) is 4.27. The Morgan fingerprint density at radius 1 is 1.06 bits per heavy atom. The molecule has 0 bridgehead atoms. The number of rotatable bonds is 4. The summed E-state index contributed by atoms with van der Waals surface area (Å²) >= 11 is 0. The van der Waals surface area contributed by atoms with Gasteiger partial charge in [0.1, 0.15) is 0 Å². The van der Waals surface area contributed by atoms with Gasteiger partial charge in [-0.05, 0) is 62.2 Å². The zero-order valence-corrected chi connectivity index (χ0v) is 18.4. The molecule has 2 atom stereocenters. The molecule has 1 heterocycles. The topological polar surface area (TPSA) is 51.7 Å². The predicted octanol–water partition coefficient (Wildman–Crippen LogP) is 6.77. The van der Waals surface area contributed by atoms with Gasteiger partial charge in [0.15, 0.2) is 5.69 Å². The highest BCUT2D eigenvalue weighted by Gasteiger charge is 2.55. The van der Waals surface area contributed by atoms with E-state index in [-0.39, 0.29) is 12.1 Å². The monoisotopic (exact) mass is 420 g/mol. The van der Waals surface area contributed by atoms with Gasteiger partial charge in [-0.25, -0.2) is 9.64 Å². The first-order valence-corrected chi connectivity index (χ1v) is 10.6. The van der Waals surface area contributed by atoms with Gasteiger partial charge in [0, 0.05) is 11.4 Å². The number of hydrogen-bond acceptors (Lipinski definition) is 2. The minimum Gasteiger partial charge on any atom is -0.286 e. The van der Waals surface area contributed by atoms with Crippen LogP contribution in [0, 0.1) is 24.8 Å². The Morgan fingerprint density at radius 2 is 1.72 bits per heavy atom. The minimum atomic E-state index is -0.530. The van der Waals surface area contributed by atoms with Crippen molar-refractivity contribution in [3.63, 3.8) is 0 Å². The number of nitriles is 1. The Labute approximate surface area is 189 Å². The average Bonchev–Trinajstić information content (AvgIpc) is 3.06. The van der Waals surface area contributed by atoms with Crippen molar-refractivity contribution in [2.75, 3.05) is 9.80 Å². The zero-order valence-electron chi connectivity index (χ0n) is 18.4. The maximum absolute atomic E-state index is 14.0. The molecular weight excluding hydrogens is 396 g/mol. The Hall–Kier alpha value is -4.09. The minimum absolute atomic E-state index is 0.124. The third-order valence-corrected chi connectivity index (χ3v) is 6.34. The van der Waals surface area contributed by atoms with Gasteiger partial charge >= 0.3 is 6.03 Å². The van der Waals surface area contributed by atoms with Gasteiger partial charge in [-0.2, -0.15) is 5.26 Å². The number of nitrogens with zero attached hydrogens (tertiary/aromatic N) is 4. The van der Waals surface area contributed by atoms with Crippen molar-refractivity contribution in [1.82, 2.24) is 0 Å². The quantitative estimate of drug-likeness (QED) is 0.437. The molecule has 0 saturated carbocycles. The largest absolute Gasteiger partial charge is 0.330 e. The Balaban J connectivity index is 1.92. The lowest BCUT2D eigenvalue weighted by molar-refractivity contribution is 0.254. The van der Waals surface area contributed by atoms with Gasteiger partial charge in [-0.3, -0.25) is 9.80 Å². The number of carbonyl (C=O) groups is 1. The van der Waals surface area contributed by atoms with Crippen molar-refractivity contribution >= 4 is 23.1 Å². The van der Waals surface area contributed by atoms with E-state index in [1.807, 2.05) is 40.1 Å². The molecular formula is C27H24N4O. The molecule has 32 heavy (non-hydrogen) atoms. The summed E-state index contributed by atoms with van der Waals surface area (Å²) in [6, 6.07) is 24.4. The van der Waals surface area contributed by atoms with E-state index in [1.165, 1.54) is 0 Å². The fourth-order valence-corrected chi connectivity index (χ4v) is 4.57. The SMILES string of the molecule is [C-]#[N+]c1ccc(N2C(=O)N(c3ccc(C#N)cc3)[C@](C)(CC)[C@@H]2c2cccc(C)c2)cc1. The van der Waals surface area contributed by atoms with E-state index < -0.39 is 5.54 Å². The van der Waals surface area contributed by atoms with Crippen molar-refractivity contribution in [3.05, 3.63) is 101 Å². The van der Waals surface area contributed by atoms with Crippen LogP contribution in [0.2, 0.25) is 0 Å². The van der Waals surface area contributed by atoms with Crippen LogP contribution in [-0.4, -0.2) is 11.6 Å². The molecule has 3 aromatic rings. The second kappa shape index (κ2) is 8.21. The van der Waals surface area contributed by atoms with E-state index in [1.54, 1.807) is 24.3 Å². The third kappa shape index (κ3) is 3.39. The summed E-state index contributed by atoms with van der Waals surface area (Å²) in [7, 11) is 0. The molecule has 0 N–H and O–H groups in total. The van der Waals surface area contributed by atoms with E-state index in [2.05, 4.69) is 49.9 Å². The highest BCUT2D eigenvalue weighted by Crippen LogP contribution is 2.49. The lowest BCUT2D eigenvalue weighted by atomic mass is 9.83. The number of carbonyl (C=O) groups excluding carboxylic acids is 1. The van der Waals surface area contributed by atoms with E-state index >= 15 is 0 Å². The molecule has 4 rings (SSSR count). The summed E-state index contributed by atoms with van der Waals surface area (Å²) < 4.78 is 0. The molecule has 1 saturated heterocycles. The second-order valence-corrected chi connectivity index (χ2v) is 8.30. The molecule has 3 aromatic carbocycles. The lowest BCUT2D eigenvalue weighted by Crippen LogP contribution is -2.45. The number of hydrogen-bond donors (Lipinski definition) is 0. The average molecular weight is 421 g/mol. The highest BCUT2D eigenvalue weighted by atomic mass is 16.2. The van der Waals surface area contributed by atoms with E-state index in [4.69, 9.17) is 6.57 Å². The van der Waals surface area contributed by atoms with Gasteiger partial charge < -0.3 is 0 Å². The number of aryl methyl sites for hydroxylation is 1. The Morgan fingerprint density at radius 3 is 2.28 bits per heavy atom. The first-order chi connectivity index (χ1) is 15.4. The van der Waals surface area contributed by atoms with Crippen molar-refractivity contribution in [2.45, 2.75) is 38.8 Å². The molecule has 0 unspecified atom stereocenters. The maximum Gasteiger partial charge on any atom is 0.330 e. The van der Waals surface area contributed by atoms with Gasteiger partial charge in [0.25, 0.3) is 0 Å².